The normalized spacial score (nSPS) is 19.4. The van der Waals surface area contributed by atoms with Crippen molar-refractivity contribution < 1.29 is 9.90 Å². The van der Waals surface area contributed by atoms with Gasteiger partial charge in [-0.1, -0.05) is 0 Å². The van der Waals surface area contributed by atoms with Gasteiger partial charge in [-0.25, -0.2) is 9.78 Å². The lowest BCUT2D eigenvalue weighted by Crippen LogP contribution is -2.29. The number of hydrogen-bond acceptors (Lipinski definition) is 5. The van der Waals surface area contributed by atoms with Crippen LogP contribution in [0.25, 0.3) is 0 Å². The Morgan fingerprint density at radius 2 is 2.35 bits per heavy atom. The molecule has 0 spiro atoms. The maximum atomic E-state index is 10.9. The molecule has 0 radical (unpaired) electrons. The molecule has 1 aromatic rings. The summed E-state index contributed by atoms with van der Waals surface area (Å²) in [6.45, 7) is 7.34. The van der Waals surface area contributed by atoms with Gasteiger partial charge in [-0.05, 0) is 44.9 Å². The maximum absolute atomic E-state index is 10.9. The average molecular weight is 278 g/mol. The Morgan fingerprint density at radius 3 is 2.95 bits per heavy atom. The van der Waals surface area contributed by atoms with E-state index in [1.807, 2.05) is 0 Å². The summed E-state index contributed by atoms with van der Waals surface area (Å²) >= 11 is 0. The second-order valence-electron chi connectivity index (χ2n) is 5.56. The number of nitrogens with two attached hydrogens (primary N) is 1. The first-order chi connectivity index (χ1) is 9.47. The Bertz CT molecular complexity index is 490. The van der Waals surface area contributed by atoms with E-state index in [2.05, 4.69) is 29.0 Å². The first kappa shape index (κ1) is 14.6. The molecule has 1 unspecified atom stereocenters. The van der Waals surface area contributed by atoms with Crippen molar-refractivity contribution in [2.24, 2.45) is 5.92 Å². The monoisotopic (exact) mass is 278 g/mol. The van der Waals surface area contributed by atoms with E-state index in [4.69, 9.17) is 10.8 Å². The molecule has 1 fully saturated rings. The van der Waals surface area contributed by atoms with Crippen LogP contribution < -0.4 is 11.1 Å². The molecule has 1 saturated heterocycles. The number of rotatable bonds is 5. The van der Waals surface area contributed by atoms with Crippen LogP contribution in [0.5, 0.6) is 0 Å². The van der Waals surface area contributed by atoms with Crippen LogP contribution in [-0.2, 0) is 0 Å². The predicted molar refractivity (Wildman–Crippen MR) is 78.9 cm³/mol. The Labute approximate surface area is 119 Å². The van der Waals surface area contributed by atoms with Gasteiger partial charge in [-0.3, -0.25) is 0 Å². The fourth-order valence-corrected chi connectivity index (χ4v) is 2.47. The third-order valence-corrected chi connectivity index (χ3v) is 3.75. The molecule has 1 aromatic heterocycles. The first-order valence-electron chi connectivity index (χ1n) is 6.95. The summed E-state index contributed by atoms with van der Waals surface area (Å²) in [5, 5.41) is 12.1. The number of anilines is 2. The number of nitrogens with one attached hydrogen (secondary N) is 1. The number of nitrogen functional groups attached to an aromatic ring is 1. The minimum atomic E-state index is -1.04. The lowest BCUT2D eigenvalue weighted by Gasteiger charge is -2.20. The highest BCUT2D eigenvalue weighted by molar-refractivity contribution is 5.86. The average Bonchev–Trinajstić information content (AvgIpc) is 2.86. The fraction of sp³-hybridized carbons (Fsp3) is 0.571. The molecule has 0 bridgehead atoms. The van der Waals surface area contributed by atoms with Gasteiger partial charge in [-0.15, -0.1) is 0 Å². The zero-order valence-electron chi connectivity index (χ0n) is 12.0. The number of aromatic nitrogens is 1. The van der Waals surface area contributed by atoms with E-state index in [0.29, 0.717) is 23.5 Å². The summed E-state index contributed by atoms with van der Waals surface area (Å²) in [6, 6.07) is 3.56. The van der Waals surface area contributed by atoms with Crippen molar-refractivity contribution in [1.82, 2.24) is 9.88 Å². The van der Waals surface area contributed by atoms with E-state index in [9.17, 15) is 4.79 Å². The van der Waals surface area contributed by atoms with Crippen LogP contribution in [-0.4, -0.2) is 46.6 Å². The SMILES string of the molecule is CC(C)N1CCC(CNc2nc(C(=O)O)ccc2N)C1. The number of carbonyl (C=O) groups is 1. The molecule has 2 rings (SSSR count). The number of nitrogens with zero attached hydrogens (tertiary/aromatic N) is 2. The van der Waals surface area contributed by atoms with Crippen LogP contribution in [0.2, 0.25) is 0 Å². The number of likely N-dealkylation sites (tertiary alicyclic amines) is 1. The van der Waals surface area contributed by atoms with Gasteiger partial charge in [0.25, 0.3) is 0 Å². The van der Waals surface area contributed by atoms with E-state index >= 15 is 0 Å². The molecule has 4 N–H and O–H groups in total. The van der Waals surface area contributed by atoms with Crippen molar-refractivity contribution in [3.8, 4) is 0 Å². The molecule has 0 saturated carbocycles. The fourth-order valence-electron chi connectivity index (χ4n) is 2.47. The van der Waals surface area contributed by atoms with Gasteiger partial charge in [0.1, 0.15) is 5.82 Å². The molecule has 1 aliphatic heterocycles. The van der Waals surface area contributed by atoms with Crippen LogP contribution in [0, 0.1) is 5.92 Å². The molecule has 0 aliphatic carbocycles. The Kier molecular flexibility index (Phi) is 4.44. The summed E-state index contributed by atoms with van der Waals surface area (Å²) in [7, 11) is 0. The second-order valence-corrected chi connectivity index (χ2v) is 5.56. The van der Waals surface area contributed by atoms with Gasteiger partial charge in [0.05, 0.1) is 5.69 Å². The zero-order chi connectivity index (χ0) is 14.7. The third-order valence-electron chi connectivity index (χ3n) is 3.75. The lowest BCUT2D eigenvalue weighted by molar-refractivity contribution is 0.0690. The minimum absolute atomic E-state index is 0.0110. The van der Waals surface area contributed by atoms with E-state index in [-0.39, 0.29) is 5.69 Å². The van der Waals surface area contributed by atoms with E-state index in [1.165, 1.54) is 6.07 Å². The highest BCUT2D eigenvalue weighted by atomic mass is 16.4. The number of carboxylic acids is 1. The highest BCUT2D eigenvalue weighted by Gasteiger charge is 2.24. The smallest absolute Gasteiger partial charge is 0.354 e. The Balaban J connectivity index is 1.94. The first-order valence-corrected chi connectivity index (χ1v) is 6.95. The predicted octanol–water partition coefficient (Wildman–Crippen LogP) is 1.50. The van der Waals surface area contributed by atoms with Crippen LogP contribution in [0.3, 0.4) is 0 Å². The summed E-state index contributed by atoms with van der Waals surface area (Å²) in [5.41, 5.74) is 6.31. The van der Waals surface area contributed by atoms with E-state index in [1.54, 1.807) is 6.07 Å². The van der Waals surface area contributed by atoms with Gasteiger partial charge in [-0.2, -0.15) is 0 Å². The summed E-state index contributed by atoms with van der Waals surface area (Å²) in [5.74, 6) is -0.0279. The van der Waals surface area contributed by atoms with Crippen molar-refractivity contribution in [3.05, 3.63) is 17.8 Å². The van der Waals surface area contributed by atoms with Crippen molar-refractivity contribution >= 4 is 17.5 Å². The number of pyridine rings is 1. The highest BCUT2D eigenvalue weighted by Crippen LogP contribution is 2.21. The van der Waals surface area contributed by atoms with Crippen LogP contribution in [0.1, 0.15) is 30.8 Å². The number of hydrogen-bond donors (Lipinski definition) is 3. The second kappa shape index (κ2) is 6.09. The standard InChI is InChI=1S/C14H22N4O2/c1-9(2)18-6-5-10(8-18)7-16-13-11(15)3-4-12(17-13)14(19)20/h3-4,9-10H,5-8,15H2,1-2H3,(H,16,17)(H,19,20). The van der Waals surface area contributed by atoms with Crippen molar-refractivity contribution in [2.75, 3.05) is 30.7 Å². The molecule has 2 heterocycles. The van der Waals surface area contributed by atoms with Crippen molar-refractivity contribution in [3.63, 3.8) is 0 Å². The minimum Gasteiger partial charge on any atom is -0.477 e. The molecule has 6 nitrogen and oxygen atoms in total. The van der Waals surface area contributed by atoms with Gasteiger partial charge in [0.15, 0.2) is 5.69 Å². The quantitative estimate of drug-likeness (QED) is 0.756. The number of aromatic carboxylic acids is 1. The van der Waals surface area contributed by atoms with Crippen molar-refractivity contribution in [2.45, 2.75) is 26.3 Å². The van der Waals surface area contributed by atoms with Crippen LogP contribution in [0.4, 0.5) is 11.5 Å². The van der Waals surface area contributed by atoms with E-state index in [0.717, 1.165) is 26.1 Å². The molecule has 20 heavy (non-hydrogen) atoms. The molecule has 0 aromatic carbocycles. The molecule has 0 amide bonds. The van der Waals surface area contributed by atoms with Crippen LogP contribution >= 0.6 is 0 Å². The van der Waals surface area contributed by atoms with Crippen molar-refractivity contribution in [1.29, 1.82) is 0 Å². The lowest BCUT2D eigenvalue weighted by atomic mass is 10.1. The largest absolute Gasteiger partial charge is 0.477 e. The van der Waals surface area contributed by atoms with Gasteiger partial charge >= 0.3 is 5.97 Å². The van der Waals surface area contributed by atoms with Gasteiger partial charge < -0.3 is 21.1 Å². The summed E-state index contributed by atoms with van der Waals surface area (Å²) in [6.07, 6.45) is 1.14. The molecular formula is C14H22N4O2. The maximum Gasteiger partial charge on any atom is 0.354 e. The Morgan fingerprint density at radius 1 is 1.60 bits per heavy atom. The molecule has 1 atom stereocenters. The number of carboxylic acid groups (broad SMARTS) is 1. The third kappa shape index (κ3) is 3.39. The van der Waals surface area contributed by atoms with Gasteiger partial charge in [0, 0.05) is 19.1 Å². The zero-order valence-corrected chi connectivity index (χ0v) is 12.0. The van der Waals surface area contributed by atoms with Crippen LogP contribution in [0.15, 0.2) is 12.1 Å². The molecule has 1 aliphatic rings. The van der Waals surface area contributed by atoms with Gasteiger partial charge in [0.2, 0.25) is 0 Å². The van der Waals surface area contributed by atoms with E-state index < -0.39 is 5.97 Å². The topological polar surface area (TPSA) is 91.5 Å². The Hall–Kier alpha value is -1.82. The summed E-state index contributed by atoms with van der Waals surface area (Å²) < 4.78 is 0. The summed E-state index contributed by atoms with van der Waals surface area (Å²) in [4.78, 5) is 17.4. The molecular weight excluding hydrogens is 256 g/mol. The molecule has 6 heteroatoms. The molecule has 110 valence electrons.